The molecule has 12 aromatic rings. The van der Waals surface area contributed by atoms with Gasteiger partial charge in [0, 0.05) is 44.2 Å². The maximum Gasteiger partial charge on any atom is 0.166 e. The summed E-state index contributed by atoms with van der Waals surface area (Å²) >= 11 is 0. The Kier molecular flexibility index (Phi) is 13.7. The zero-order valence-electron chi connectivity index (χ0n) is 49.8. The van der Waals surface area contributed by atoms with Crippen LogP contribution in [0, 0.1) is 0 Å². The average Bonchev–Trinajstić information content (AvgIpc) is 2.76. The molecule has 0 saturated heterocycles. The van der Waals surface area contributed by atoms with Crippen LogP contribution >= 0.6 is 0 Å². The van der Waals surface area contributed by atoms with E-state index >= 15 is 0 Å². The van der Waals surface area contributed by atoms with E-state index in [0.717, 1.165) is 83.1 Å². The number of hydrogen-bond donors (Lipinski definition) is 0. The molecule has 0 unspecified atom stereocenters. The van der Waals surface area contributed by atoms with Crippen molar-refractivity contribution in [3.05, 3.63) is 235 Å². The van der Waals surface area contributed by atoms with Crippen molar-refractivity contribution in [2.24, 2.45) is 0 Å². The molecule has 0 fully saturated rings. The molecule has 7 heteroatoms. The van der Waals surface area contributed by atoms with Crippen molar-refractivity contribution in [1.82, 2.24) is 34.5 Å². The lowest BCUT2D eigenvalue weighted by molar-refractivity contribution is 0.568. The van der Waals surface area contributed by atoms with E-state index in [0.29, 0.717) is 34.9 Å². The summed E-state index contributed by atoms with van der Waals surface area (Å²) in [7, 11) is 0. The van der Waals surface area contributed by atoms with Gasteiger partial charge in [0.15, 0.2) is 34.9 Å². The summed E-state index contributed by atoms with van der Waals surface area (Å²) in [4.78, 5) is 32.6. The highest BCUT2D eigenvalue weighted by Gasteiger charge is 2.27. The number of fused-ring (bicyclic) bond motifs is 3. The molecule has 0 radical (unpaired) electrons. The van der Waals surface area contributed by atoms with Crippen molar-refractivity contribution in [3.8, 4) is 96.3 Å². The Morgan fingerprint density at radius 3 is 0.892 bits per heavy atom. The lowest BCUT2D eigenvalue weighted by Crippen LogP contribution is -2.17. The predicted octanol–water partition coefficient (Wildman–Crippen LogP) is 19.7. The van der Waals surface area contributed by atoms with Gasteiger partial charge in [-0.05, 0) is 133 Å². The van der Waals surface area contributed by atoms with Gasteiger partial charge in [-0.2, -0.15) is 0 Å². The van der Waals surface area contributed by atoms with Crippen LogP contribution in [-0.4, -0.2) is 34.5 Å². The van der Waals surface area contributed by atoms with Crippen molar-refractivity contribution >= 4 is 21.8 Å². The van der Waals surface area contributed by atoms with Gasteiger partial charge in [0.05, 0.1) is 16.7 Å². The van der Waals surface area contributed by atoms with Gasteiger partial charge >= 0.3 is 0 Å². The SMILES string of the molecule is CC(C)(C)c1cc(-c2nc(-c3cc(C(C)(C)C)cc(C(C)(C)C)c3)nc(-c3cc(-c4nc(-c5ccccc5)nc(-c5ccccc5)n4)ccc3-n3c4ccc(-c5ccccc5)cc4c4cc(-c5ccccc5)ccc43)n2)cc(C(C)(C)C)c1. The van der Waals surface area contributed by atoms with Crippen LogP contribution in [-0.2, 0) is 21.7 Å². The van der Waals surface area contributed by atoms with E-state index in [9.17, 15) is 0 Å². The highest BCUT2D eigenvalue weighted by molar-refractivity contribution is 6.12. The second-order valence-corrected chi connectivity index (χ2v) is 26.2. The predicted molar refractivity (Wildman–Crippen MR) is 346 cm³/mol. The first-order valence-electron chi connectivity index (χ1n) is 28.9. The molecule has 3 aromatic heterocycles. The zero-order chi connectivity index (χ0) is 58.0. The van der Waals surface area contributed by atoms with Gasteiger partial charge in [0.2, 0.25) is 0 Å². The van der Waals surface area contributed by atoms with Gasteiger partial charge in [-0.25, -0.2) is 29.9 Å². The van der Waals surface area contributed by atoms with Gasteiger partial charge < -0.3 is 4.57 Å². The van der Waals surface area contributed by atoms with Gasteiger partial charge in [0.25, 0.3) is 0 Å². The summed E-state index contributed by atoms with van der Waals surface area (Å²) in [6.45, 7) is 27.3. The molecule has 410 valence electrons. The molecule has 0 N–H and O–H groups in total. The first-order chi connectivity index (χ1) is 39.6. The minimum Gasteiger partial charge on any atom is -0.308 e. The van der Waals surface area contributed by atoms with Crippen LogP contribution in [0.2, 0.25) is 0 Å². The molecule has 0 aliphatic carbocycles. The first-order valence-corrected chi connectivity index (χ1v) is 28.9. The fourth-order valence-electron chi connectivity index (χ4n) is 10.9. The summed E-state index contributed by atoms with van der Waals surface area (Å²) in [5.41, 5.74) is 17.1. The van der Waals surface area contributed by atoms with Crippen LogP contribution in [0.1, 0.15) is 105 Å². The third kappa shape index (κ3) is 11.0. The van der Waals surface area contributed by atoms with E-state index in [4.69, 9.17) is 29.9 Å². The number of hydrogen-bond acceptors (Lipinski definition) is 6. The summed E-state index contributed by atoms with van der Waals surface area (Å²) in [6.07, 6.45) is 0. The Hall–Kier alpha value is -9.20. The third-order valence-electron chi connectivity index (χ3n) is 15.9. The van der Waals surface area contributed by atoms with Crippen molar-refractivity contribution in [3.63, 3.8) is 0 Å². The second-order valence-electron chi connectivity index (χ2n) is 26.2. The average molecular weight is 1080 g/mol. The Balaban J connectivity index is 1.20. The maximum absolute atomic E-state index is 5.70. The zero-order valence-corrected chi connectivity index (χ0v) is 49.8. The topological polar surface area (TPSA) is 82.3 Å². The van der Waals surface area contributed by atoms with Crippen LogP contribution in [0.5, 0.6) is 0 Å². The van der Waals surface area contributed by atoms with E-state index in [-0.39, 0.29) is 21.7 Å². The molecular weight excluding hydrogens is 1010 g/mol. The van der Waals surface area contributed by atoms with E-state index in [2.05, 4.69) is 239 Å². The molecule has 83 heavy (non-hydrogen) atoms. The normalized spacial score (nSPS) is 12.3. The Morgan fingerprint density at radius 2 is 0.542 bits per heavy atom. The van der Waals surface area contributed by atoms with Crippen LogP contribution in [0.25, 0.3) is 118 Å². The Morgan fingerprint density at radius 1 is 0.241 bits per heavy atom. The fourth-order valence-corrected chi connectivity index (χ4v) is 10.9. The van der Waals surface area contributed by atoms with Gasteiger partial charge in [-0.3, -0.25) is 0 Å². The van der Waals surface area contributed by atoms with Crippen LogP contribution in [0.15, 0.2) is 212 Å². The van der Waals surface area contributed by atoms with Gasteiger partial charge in [0.1, 0.15) is 0 Å². The minimum absolute atomic E-state index is 0.155. The minimum atomic E-state index is -0.155. The molecule has 0 aliphatic rings. The lowest BCUT2D eigenvalue weighted by atomic mass is 9.79. The van der Waals surface area contributed by atoms with Gasteiger partial charge in [-0.15, -0.1) is 0 Å². The highest BCUT2D eigenvalue weighted by atomic mass is 15.1. The summed E-state index contributed by atoms with van der Waals surface area (Å²) in [5.74, 6) is 3.40. The largest absolute Gasteiger partial charge is 0.308 e. The van der Waals surface area contributed by atoms with Crippen molar-refractivity contribution < 1.29 is 0 Å². The molecule has 0 aliphatic heterocycles. The highest BCUT2D eigenvalue weighted by Crippen LogP contribution is 2.43. The molecule has 0 bridgehead atoms. The molecule has 0 atom stereocenters. The molecular formula is C76H71N7. The molecule has 0 amide bonds. The standard InChI is InChI=1S/C76H71N7/c1-73(2,3)57-39-55(40-58(46-57)74(4,5)6)70-80-71(56-41-59(75(7,8)9)47-60(42-56)76(10,11)12)82-72(81-70)63-45-54(69-78-67(50-29-21-15-22-30-50)77-68(79-69)51-31-23-16-24-32-51)35-38-66(63)83-64-36-33-52(48-25-17-13-18-26-48)43-61(64)62-44-53(34-37-65(62)83)49-27-19-14-20-28-49/h13-47H,1-12H3. The lowest BCUT2D eigenvalue weighted by Gasteiger charge is -2.26. The third-order valence-corrected chi connectivity index (χ3v) is 15.9. The molecule has 7 nitrogen and oxygen atoms in total. The van der Waals surface area contributed by atoms with E-state index in [1.807, 2.05) is 60.7 Å². The molecule has 12 rings (SSSR count). The van der Waals surface area contributed by atoms with Crippen molar-refractivity contribution in [2.75, 3.05) is 0 Å². The van der Waals surface area contributed by atoms with Crippen LogP contribution < -0.4 is 0 Å². The molecule has 0 spiro atoms. The molecule has 9 aromatic carbocycles. The second kappa shape index (κ2) is 21.0. The maximum atomic E-state index is 5.70. The number of nitrogens with zero attached hydrogens (tertiary/aromatic N) is 7. The molecule has 3 heterocycles. The summed E-state index contributed by atoms with van der Waals surface area (Å²) < 4.78 is 2.39. The first kappa shape index (κ1) is 54.4. The quantitative estimate of drug-likeness (QED) is 0.143. The summed E-state index contributed by atoms with van der Waals surface area (Å²) in [6, 6.07) is 75.6. The Bertz CT molecular complexity index is 4070. The fraction of sp³-hybridized carbons (Fsp3) is 0.211. The van der Waals surface area contributed by atoms with E-state index < -0.39 is 0 Å². The van der Waals surface area contributed by atoms with Crippen molar-refractivity contribution in [1.29, 1.82) is 0 Å². The van der Waals surface area contributed by atoms with Crippen LogP contribution in [0.4, 0.5) is 0 Å². The van der Waals surface area contributed by atoms with Gasteiger partial charge in [-0.1, -0.05) is 229 Å². The van der Waals surface area contributed by atoms with E-state index in [1.54, 1.807) is 0 Å². The molecule has 0 saturated carbocycles. The summed E-state index contributed by atoms with van der Waals surface area (Å²) in [5, 5.41) is 2.26. The number of benzene rings is 9. The van der Waals surface area contributed by atoms with E-state index in [1.165, 1.54) is 22.3 Å². The number of rotatable bonds is 9. The number of aromatic nitrogens is 7. The Labute approximate surface area is 489 Å². The van der Waals surface area contributed by atoms with Crippen molar-refractivity contribution in [2.45, 2.75) is 105 Å². The monoisotopic (exact) mass is 1080 g/mol. The smallest absolute Gasteiger partial charge is 0.166 e. The van der Waals surface area contributed by atoms with Crippen LogP contribution in [0.3, 0.4) is 0 Å².